The smallest absolute Gasteiger partial charge is 0.412 e. The van der Waals surface area contributed by atoms with E-state index in [1.807, 2.05) is 6.07 Å². The lowest BCUT2D eigenvalue weighted by atomic mass is 10.0. The summed E-state index contributed by atoms with van der Waals surface area (Å²) in [7, 11) is 0. The maximum atomic E-state index is 12.4. The number of carbonyl (C=O) groups excluding carboxylic acids is 3. The number of cyclic esters (lactones) is 1. The number of esters is 2. The quantitative estimate of drug-likeness (QED) is 0.585. The lowest BCUT2D eigenvalue weighted by Crippen LogP contribution is -2.49. The maximum absolute atomic E-state index is 12.4. The van der Waals surface area contributed by atoms with Crippen molar-refractivity contribution in [3.8, 4) is 0 Å². The molecule has 1 aliphatic heterocycles. The molecule has 1 aliphatic rings. The summed E-state index contributed by atoms with van der Waals surface area (Å²) in [6, 6.07) is 6.88. The van der Waals surface area contributed by atoms with Gasteiger partial charge in [0.1, 0.15) is 6.04 Å². The largest absolute Gasteiger partial charge is 0.464 e. The number of ether oxygens (including phenoxy) is 3. The molecule has 7 nitrogen and oxygen atoms in total. The second kappa shape index (κ2) is 7.81. The third-order valence-corrected chi connectivity index (χ3v) is 3.73. The molecule has 130 valence electrons. The first-order valence-electron chi connectivity index (χ1n) is 7.88. The highest BCUT2D eigenvalue weighted by Crippen LogP contribution is 2.34. The molecule has 0 bridgehead atoms. The van der Waals surface area contributed by atoms with E-state index in [0.717, 1.165) is 4.90 Å². The molecule has 2 rings (SSSR count). The Morgan fingerprint density at radius 2 is 1.79 bits per heavy atom. The summed E-state index contributed by atoms with van der Waals surface area (Å²) in [4.78, 5) is 37.8. The van der Waals surface area contributed by atoms with Gasteiger partial charge in [-0.25, -0.2) is 14.4 Å². The van der Waals surface area contributed by atoms with Crippen LogP contribution in [0.1, 0.15) is 32.4 Å². The number of hydrogen-bond donors (Lipinski definition) is 0. The summed E-state index contributed by atoms with van der Waals surface area (Å²) < 4.78 is 15.4. The van der Waals surface area contributed by atoms with Gasteiger partial charge in [0.15, 0.2) is 12.1 Å². The van der Waals surface area contributed by atoms with Gasteiger partial charge in [-0.05, 0) is 26.3 Å². The molecular formula is C17H21NO6. The predicted molar refractivity (Wildman–Crippen MR) is 84.0 cm³/mol. The minimum Gasteiger partial charge on any atom is -0.464 e. The normalized spacial score (nSPS) is 21.1. The summed E-state index contributed by atoms with van der Waals surface area (Å²) in [5.74, 6) is -1.22. The molecule has 1 amide bonds. The fourth-order valence-electron chi connectivity index (χ4n) is 2.63. The number of hydrogen-bond acceptors (Lipinski definition) is 6. The highest BCUT2D eigenvalue weighted by Gasteiger charge is 2.51. The summed E-state index contributed by atoms with van der Waals surface area (Å²) in [5.41, 5.74) is 0.655. The Kier molecular flexibility index (Phi) is 5.78. The van der Waals surface area contributed by atoms with Gasteiger partial charge >= 0.3 is 18.0 Å². The SMILES string of the molecule is CCOC(=O)C(C)N1C(=O)O[C@H](c2ccccc2)[C@H]1C(=O)OCC. The van der Waals surface area contributed by atoms with Crippen molar-refractivity contribution in [2.24, 2.45) is 0 Å². The molecule has 1 heterocycles. The minimum atomic E-state index is -1.04. The average Bonchev–Trinajstić information content (AvgIpc) is 2.92. The van der Waals surface area contributed by atoms with Crippen LogP contribution in [0.4, 0.5) is 4.79 Å². The maximum Gasteiger partial charge on any atom is 0.412 e. The molecule has 0 saturated carbocycles. The van der Waals surface area contributed by atoms with Crippen molar-refractivity contribution in [2.45, 2.75) is 39.0 Å². The molecule has 0 aliphatic carbocycles. The van der Waals surface area contributed by atoms with Gasteiger partial charge in [-0.1, -0.05) is 30.3 Å². The summed E-state index contributed by atoms with van der Waals surface area (Å²) in [5, 5.41) is 0. The van der Waals surface area contributed by atoms with Crippen LogP contribution in [0.15, 0.2) is 30.3 Å². The number of nitrogens with zero attached hydrogens (tertiary/aromatic N) is 1. The molecule has 1 unspecified atom stereocenters. The predicted octanol–water partition coefficient (Wildman–Crippen LogP) is 2.06. The highest BCUT2D eigenvalue weighted by molar-refractivity contribution is 5.89. The second-order valence-corrected chi connectivity index (χ2v) is 5.25. The molecule has 24 heavy (non-hydrogen) atoms. The summed E-state index contributed by atoms with van der Waals surface area (Å²) in [6.07, 6.45) is -1.59. The molecule has 1 aromatic carbocycles. The first-order chi connectivity index (χ1) is 11.5. The monoisotopic (exact) mass is 335 g/mol. The Hall–Kier alpha value is -2.57. The van der Waals surface area contributed by atoms with E-state index in [4.69, 9.17) is 14.2 Å². The number of carbonyl (C=O) groups is 3. The molecule has 1 fully saturated rings. The fraction of sp³-hybridized carbons (Fsp3) is 0.471. The molecule has 3 atom stereocenters. The lowest BCUT2D eigenvalue weighted by molar-refractivity contribution is -0.154. The Morgan fingerprint density at radius 1 is 1.17 bits per heavy atom. The third-order valence-electron chi connectivity index (χ3n) is 3.73. The number of benzene rings is 1. The van der Waals surface area contributed by atoms with Crippen LogP contribution >= 0.6 is 0 Å². The van der Waals surface area contributed by atoms with Crippen LogP contribution in [0.5, 0.6) is 0 Å². The van der Waals surface area contributed by atoms with Gasteiger partial charge in [0.05, 0.1) is 13.2 Å². The average molecular weight is 335 g/mol. The minimum absolute atomic E-state index is 0.159. The van der Waals surface area contributed by atoms with E-state index in [1.165, 1.54) is 6.92 Å². The van der Waals surface area contributed by atoms with Crippen molar-refractivity contribution in [2.75, 3.05) is 13.2 Å². The van der Waals surface area contributed by atoms with Crippen LogP contribution in [0, 0.1) is 0 Å². The zero-order chi connectivity index (χ0) is 17.7. The van der Waals surface area contributed by atoms with Gasteiger partial charge < -0.3 is 14.2 Å². The molecule has 0 N–H and O–H groups in total. The van der Waals surface area contributed by atoms with E-state index in [9.17, 15) is 14.4 Å². The zero-order valence-corrected chi connectivity index (χ0v) is 13.9. The Labute approximate surface area is 140 Å². The van der Waals surface area contributed by atoms with Crippen LogP contribution in [-0.2, 0) is 23.8 Å². The van der Waals surface area contributed by atoms with E-state index >= 15 is 0 Å². The van der Waals surface area contributed by atoms with Crippen molar-refractivity contribution in [1.82, 2.24) is 4.90 Å². The van der Waals surface area contributed by atoms with E-state index < -0.39 is 36.2 Å². The molecule has 0 radical (unpaired) electrons. The highest BCUT2D eigenvalue weighted by atomic mass is 16.6. The van der Waals surface area contributed by atoms with Crippen LogP contribution in [0.2, 0.25) is 0 Å². The van der Waals surface area contributed by atoms with Crippen molar-refractivity contribution in [3.05, 3.63) is 35.9 Å². The standard InChI is InChI=1S/C17H21NO6/c1-4-22-15(19)11(3)18-13(16(20)23-5-2)14(24-17(18)21)12-9-7-6-8-10-12/h6-11,13-14H,4-5H2,1-3H3/t11?,13-,14+/m0/s1. The van der Waals surface area contributed by atoms with E-state index in [2.05, 4.69) is 0 Å². The lowest BCUT2D eigenvalue weighted by Gasteiger charge is -2.26. The summed E-state index contributed by atoms with van der Waals surface area (Å²) in [6.45, 7) is 5.18. The van der Waals surface area contributed by atoms with Crippen LogP contribution in [0.25, 0.3) is 0 Å². The number of amides is 1. The van der Waals surface area contributed by atoms with Gasteiger partial charge in [-0.2, -0.15) is 0 Å². The van der Waals surface area contributed by atoms with Crippen molar-refractivity contribution >= 4 is 18.0 Å². The van der Waals surface area contributed by atoms with Gasteiger partial charge in [-0.15, -0.1) is 0 Å². The first kappa shape index (κ1) is 17.8. The van der Waals surface area contributed by atoms with Crippen molar-refractivity contribution in [3.63, 3.8) is 0 Å². The van der Waals surface area contributed by atoms with Crippen molar-refractivity contribution in [1.29, 1.82) is 0 Å². The van der Waals surface area contributed by atoms with Gasteiger partial charge in [-0.3, -0.25) is 4.90 Å². The first-order valence-corrected chi connectivity index (χ1v) is 7.88. The van der Waals surface area contributed by atoms with Gasteiger partial charge in [0.25, 0.3) is 0 Å². The molecular weight excluding hydrogens is 314 g/mol. The molecule has 0 spiro atoms. The van der Waals surface area contributed by atoms with Gasteiger partial charge in [0, 0.05) is 0 Å². The number of rotatable bonds is 6. The fourth-order valence-corrected chi connectivity index (χ4v) is 2.63. The topological polar surface area (TPSA) is 82.1 Å². The third kappa shape index (κ3) is 3.50. The van der Waals surface area contributed by atoms with Crippen LogP contribution < -0.4 is 0 Å². The Balaban J connectivity index is 2.36. The van der Waals surface area contributed by atoms with Crippen molar-refractivity contribution < 1.29 is 28.6 Å². The molecule has 1 saturated heterocycles. The molecule has 1 aromatic rings. The molecule has 0 aromatic heterocycles. The van der Waals surface area contributed by atoms with E-state index in [1.54, 1.807) is 38.1 Å². The van der Waals surface area contributed by atoms with Crippen LogP contribution in [0.3, 0.4) is 0 Å². The summed E-state index contributed by atoms with van der Waals surface area (Å²) >= 11 is 0. The zero-order valence-electron chi connectivity index (χ0n) is 13.9. The Morgan fingerprint density at radius 3 is 2.38 bits per heavy atom. The van der Waals surface area contributed by atoms with Gasteiger partial charge in [0.2, 0.25) is 0 Å². The second-order valence-electron chi connectivity index (χ2n) is 5.25. The Bertz CT molecular complexity index is 602. The molecule has 7 heteroatoms. The van der Waals surface area contributed by atoms with E-state index in [-0.39, 0.29) is 13.2 Å². The van der Waals surface area contributed by atoms with E-state index in [0.29, 0.717) is 5.56 Å². The van der Waals surface area contributed by atoms with Crippen LogP contribution in [-0.4, -0.2) is 48.2 Å².